The molecule has 0 aliphatic carbocycles. The molecule has 4 aromatic rings. The van der Waals surface area contributed by atoms with Crippen LogP contribution in [0.5, 0.6) is 0 Å². The van der Waals surface area contributed by atoms with Crippen LogP contribution in [0.1, 0.15) is 28.8 Å². The molecule has 2 aromatic carbocycles. The molecular weight excluding hydrogens is 403 g/mol. The number of likely N-dealkylation sites (tertiary alicyclic amines) is 1. The Bertz CT molecular complexity index is 1230. The molecule has 1 aliphatic heterocycles. The normalized spacial score (nSPS) is 15.2. The van der Waals surface area contributed by atoms with Crippen molar-refractivity contribution in [1.29, 1.82) is 0 Å². The average Bonchev–Trinajstić information content (AvgIpc) is 3.28. The maximum atomic E-state index is 13.4. The van der Waals surface area contributed by atoms with Crippen LogP contribution < -0.4 is 5.32 Å². The quantitative estimate of drug-likeness (QED) is 0.482. The highest BCUT2D eigenvalue weighted by Crippen LogP contribution is 2.20. The maximum Gasteiger partial charge on any atom is 0.253 e. The van der Waals surface area contributed by atoms with E-state index in [1.54, 1.807) is 30.5 Å². The molecule has 1 fully saturated rings. The van der Waals surface area contributed by atoms with E-state index in [0.29, 0.717) is 16.8 Å². The average molecular weight is 429 g/mol. The second kappa shape index (κ2) is 8.93. The summed E-state index contributed by atoms with van der Waals surface area (Å²) in [6, 6.07) is 18.6. The fourth-order valence-corrected chi connectivity index (χ4v) is 4.31. The van der Waals surface area contributed by atoms with E-state index in [9.17, 15) is 9.18 Å². The van der Waals surface area contributed by atoms with Crippen LogP contribution in [0, 0.1) is 5.82 Å². The third kappa shape index (κ3) is 4.55. The molecule has 2 N–H and O–H groups in total. The first-order valence-corrected chi connectivity index (χ1v) is 11.0. The van der Waals surface area contributed by atoms with E-state index in [2.05, 4.69) is 44.5 Å². The standard InChI is InChI=1S/C26H25FN4O/c27-22-3-1-2-19(15-22)25-7-5-21(16-29-25)26(32)30-23-9-12-31(13-10-23)17-18-4-6-24-20(14-18)8-11-28-24/h1-8,11,14-16,23,28H,9-10,12-13,17H2,(H,30,32). The summed E-state index contributed by atoms with van der Waals surface area (Å²) in [7, 11) is 0. The molecule has 2 aromatic heterocycles. The highest BCUT2D eigenvalue weighted by molar-refractivity contribution is 5.94. The van der Waals surface area contributed by atoms with Crippen LogP contribution in [-0.2, 0) is 6.54 Å². The van der Waals surface area contributed by atoms with Crippen molar-refractivity contribution in [3.05, 3.63) is 90.0 Å². The maximum absolute atomic E-state index is 13.4. The van der Waals surface area contributed by atoms with Crippen molar-refractivity contribution < 1.29 is 9.18 Å². The van der Waals surface area contributed by atoms with E-state index < -0.39 is 0 Å². The van der Waals surface area contributed by atoms with Gasteiger partial charge in [-0.15, -0.1) is 0 Å². The summed E-state index contributed by atoms with van der Waals surface area (Å²) in [5, 5.41) is 4.38. The Morgan fingerprint density at radius 1 is 1.09 bits per heavy atom. The summed E-state index contributed by atoms with van der Waals surface area (Å²) in [6.07, 6.45) is 5.37. The molecule has 5 nitrogen and oxygen atoms in total. The molecular formula is C26H25FN4O. The van der Waals surface area contributed by atoms with Crippen molar-refractivity contribution in [1.82, 2.24) is 20.2 Å². The molecule has 1 amide bonds. The number of carbonyl (C=O) groups is 1. The summed E-state index contributed by atoms with van der Waals surface area (Å²) in [5.74, 6) is -0.415. The topological polar surface area (TPSA) is 61.0 Å². The molecule has 0 atom stereocenters. The number of aromatic amines is 1. The van der Waals surface area contributed by atoms with E-state index in [0.717, 1.165) is 38.0 Å². The Morgan fingerprint density at radius 3 is 2.75 bits per heavy atom. The molecule has 5 rings (SSSR count). The number of pyridine rings is 1. The molecule has 0 bridgehead atoms. The van der Waals surface area contributed by atoms with Crippen molar-refractivity contribution in [2.45, 2.75) is 25.4 Å². The number of piperidine rings is 1. The molecule has 0 saturated carbocycles. The molecule has 162 valence electrons. The Labute approximate surface area is 186 Å². The number of halogens is 1. The third-order valence-electron chi connectivity index (χ3n) is 6.09. The van der Waals surface area contributed by atoms with E-state index in [-0.39, 0.29) is 17.8 Å². The predicted octanol–water partition coefficient (Wildman–Crippen LogP) is 4.76. The third-order valence-corrected chi connectivity index (χ3v) is 6.09. The van der Waals surface area contributed by atoms with Crippen molar-refractivity contribution >= 4 is 16.8 Å². The van der Waals surface area contributed by atoms with Crippen LogP contribution in [0.2, 0.25) is 0 Å². The van der Waals surface area contributed by atoms with E-state index in [1.807, 2.05) is 6.20 Å². The first-order chi connectivity index (χ1) is 15.6. The van der Waals surface area contributed by atoms with Gasteiger partial charge >= 0.3 is 0 Å². The van der Waals surface area contributed by atoms with Gasteiger partial charge in [0.2, 0.25) is 0 Å². The van der Waals surface area contributed by atoms with E-state index >= 15 is 0 Å². The minimum Gasteiger partial charge on any atom is -0.361 e. The largest absolute Gasteiger partial charge is 0.361 e. The summed E-state index contributed by atoms with van der Waals surface area (Å²) in [5.41, 5.74) is 4.33. The summed E-state index contributed by atoms with van der Waals surface area (Å²) < 4.78 is 13.4. The molecule has 0 radical (unpaired) electrons. The van der Waals surface area contributed by atoms with Crippen molar-refractivity contribution in [3.8, 4) is 11.3 Å². The number of aromatic nitrogens is 2. The summed E-state index contributed by atoms with van der Waals surface area (Å²) >= 11 is 0. The molecule has 1 aliphatic rings. The van der Waals surface area contributed by atoms with Gasteiger partial charge in [0.25, 0.3) is 5.91 Å². The number of nitrogens with zero attached hydrogens (tertiary/aromatic N) is 2. The Hall–Kier alpha value is -3.51. The lowest BCUT2D eigenvalue weighted by molar-refractivity contribution is 0.0908. The zero-order valence-electron chi connectivity index (χ0n) is 17.7. The highest BCUT2D eigenvalue weighted by Gasteiger charge is 2.21. The van der Waals surface area contributed by atoms with Gasteiger partial charge < -0.3 is 10.3 Å². The zero-order valence-corrected chi connectivity index (χ0v) is 17.7. The lowest BCUT2D eigenvalue weighted by atomic mass is 10.0. The van der Waals surface area contributed by atoms with Crippen molar-refractivity contribution in [2.75, 3.05) is 13.1 Å². The predicted molar refractivity (Wildman–Crippen MR) is 124 cm³/mol. The number of fused-ring (bicyclic) bond motifs is 1. The van der Waals surface area contributed by atoms with Crippen LogP contribution in [-0.4, -0.2) is 39.9 Å². The number of amides is 1. The number of carbonyl (C=O) groups excluding carboxylic acids is 1. The molecule has 1 saturated heterocycles. The van der Waals surface area contributed by atoms with Gasteiger partial charge in [0, 0.05) is 49.1 Å². The lowest BCUT2D eigenvalue weighted by Crippen LogP contribution is -2.44. The first kappa shape index (κ1) is 20.4. The van der Waals surface area contributed by atoms with Gasteiger partial charge in [-0.05, 0) is 66.3 Å². The van der Waals surface area contributed by atoms with Crippen LogP contribution >= 0.6 is 0 Å². The number of H-pyrrole nitrogens is 1. The lowest BCUT2D eigenvalue weighted by Gasteiger charge is -2.32. The van der Waals surface area contributed by atoms with Gasteiger partial charge in [0.05, 0.1) is 11.3 Å². The van der Waals surface area contributed by atoms with Crippen LogP contribution in [0.3, 0.4) is 0 Å². The number of nitrogens with one attached hydrogen (secondary N) is 2. The van der Waals surface area contributed by atoms with Crippen molar-refractivity contribution in [2.24, 2.45) is 0 Å². The SMILES string of the molecule is O=C(NC1CCN(Cc2ccc3[nH]ccc3c2)CC1)c1ccc(-c2cccc(F)c2)nc1. The van der Waals surface area contributed by atoms with Gasteiger partial charge in [0.1, 0.15) is 5.82 Å². The molecule has 32 heavy (non-hydrogen) atoms. The molecule has 0 unspecified atom stereocenters. The van der Waals surface area contributed by atoms with Crippen LogP contribution in [0.15, 0.2) is 73.1 Å². The number of rotatable bonds is 5. The minimum atomic E-state index is -0.303. The zero-order chi connectivity index (χ0) is 21.9. The van der Waals surface area contributed by atoms with Gasteiger partial charge in [0.15, 0.2) is 0 Å². The highest BCUT2D eigenvalue weighted by atomic mass is 19.1. The number of hydrogen-bond acceptors (Lipinski definition) is 3. The Kier molecular flexibility index (Phi) is 5.69. The summed E-state index contributed by atoms with van der Waals surface area (Å²) in [4.78, 5) is 22.7. The Balaban J connectivity index is 1.14. The minimum absolute atomic E-state index is 0.111. The van der Waals surface area contributed by atoms with E-state index in [1.165, 1.54) is 23.1 Å². The smallest absolute Gasteiger partial charge is 0.253 e. The van der Waals surface area contributed by atoms with E-state index in [4.69, 9.17) is 0 Å². The number of benzene rings is 2. The summed E-state index contributed by atoms with van der Waals surface area (Å²) in [6.45, 7) is 2.83. The second-order valence-electron chi connectivity index (χ2n) is 8.37. The fourth-order valence-electron chi connectivity index (χ4n) is 4.31. The fraction of sp³-hybridized carbons (Fsp3) is 0.231. The Morgan fingerprint density at radius 2 is 1.97 bits per heavy atom. The van der Waals surface area contributed by atoms with Gasteiger partial charge in [-0.2, -0.15) is 0 Å². The van der Waals surface area contributed by atoms with Gasteiger partial charge in [-0.25, -0.2) is 4.39 Å². The second-order valence-corrected chi connectivity index (χ2v) is 8.37. The molecule has 0 spiro atoms. The monoisotopic (exact) mass is 428 g/mol. The molecule has 6 heteroatoms. The van der Waals surface area contributed by atoms with Crippen LogP contribution in [0.4, 0.5) is 4.39 Å². The first-order valence-electron chi connectivity index (χ1n) is 11.0. The van der Waals surface area contributed by atoms with Crippen molar-refractivity contribution in [3.63, 3.8) is 0 Å². The van der Waals surface area contributed by atoms with Gasteiger partial charge in [-0.1, -0.05) is 18.2 Å². The van der Waals surface area contributed by atoms with Gasteiger partial charge in [-0.3, -0.25) is 14.7 Å². The number of hydrogen-bond donors (Lipinski definition) is 2. The molecule has 3 heterocycles. The van der Waals surface area contributed by atoms with Crippen LogP contribution in [0.25, 0.3) is 22.2 Å².